The van der Waals surface area contributed by atoms with Crippen LogP contribution >= 0.6 is 27.3 Å². The van der Waals surface area contributed by atoms with E-state index in [1.165, 1.54) is 21.5 Å². The highest BCUT2D eigenvalue weighted by Gasteiger charge is 2.29. The van der Waals surface area contributed by atoms with E-state index in [9.17, 15) is 0 Å². The van der Waals surface area contributed by atoms with Gasteiger partial charge in [0.25, 0.3) is 0 Å². The molecule has 1 fully saturated rings. The molecule has 3 atom stereocenters. The normalized spacial score (nSPS) is 22.4. The highest BCUT2D eigenvalue weighted by molar-refractivity contribution is 9.11. The van der Waals surface area contributed by atoms with Crippen molar-refractivity contribution in [3.8, 4) is 0 Å². The molecule has 0 amide bonds. The van der Waals surface area contributed by atoms with Crippen LogP contribution in [0.2, 0.25) is 0 Å². The SMILES string of the molecule is CCC(N)C(c1ccc(Br)s1)N(CC)CC1CCCO1. The predicted molar refractivity (Wildman–Crippen MR) is 89.2 cm³/mol. The Hall–Kier alpha value is 0.0600. The Labute approximate surface area is 134 Å². The Morgan fingerprint density at radius 3 is 2.80 bits per heavy atom. The van der Waals surface area contributed by atoms with E-state index in [0.717, 1.165) is 26.1 Å². The summed E-state index contributed by atoms with van der Waals surface area (Å²) in [6.07, 6.45) is 3.74. The van der Waals surface area contributed by atoms with Crippen molar-refractivity contribution in [1.29, 1.82) is 0 Å². The largest absolute Gasteiger partial charge is 0.377 e. The highest BCUT2D eigenvalue weighted by Crippen LogP contribution is 2.34. The number of likely N-dealkylation sites (N-methyl/N-ethyl adjacent to an activating group) is 1. The van der Waals surface area contributed by atoms with Crippen molar-refractivity contribution in [2.45, 2.75) is 51.3 Å². The summed E-state index contributed by atoms with van der Waals surface area (Å²) >= 11 is 5.36. The molecule has 1 aliphatic heterocycles. The first-order valence-corrected chi connectivity index (χ1v) is 9.13. The number of thiophene rings is 1. The van der Waals surface area contributed by atoms with Gasteiger partial charge in [-0.3, -0.25) is 4.90 Å². The molecular weight excluding hydrogens is 336 g/mol. The molecule has 0 aromatic carbocycles. The van der Waals surface area contributed by atoms with Gasteiger partial charge in [-0.15, -0.1) is 11.3 Å². The number of halogens is 1. The van der Waals surface area contributed by atoms with E-state index in [0.29, 0.717) is 12.1 Å². The molecule has 1 saturated heterocycles. The molecule has 0 aliphatic carbocycles. The van der Waals surface area contributed by atoms with E-state index >= 15 is 0 Å². The van der Waals surface area contributed by atoms with Crippen molar-refractivity contribution in [3.05, 3.63) is 20.8 Å². The Kier molecular flexibility index (Phi) is 6.49. The van der Waals surface area contributed by atoms with Gasteiger partial charge in [0, 0.05) is 24.1 Å². The van der Waals surface area contributed by atoms with E-state index in [2.05, 4.69) is 46.8 Å². The van der Waals surface area contributed by atoms with Crippen LogP contribution in [-0.2, 0) is 4.74 Å². The first-order chi connectivity index (χ1) is 9.65. The summed E-state index contributed by atoms with van der Waals surface area (Å²) in [6.45, 7) is 7.29. The molecule has 0 spiro atoms. The fraction of sp³-hybridized carbons (Fsp3) is 0.733. The fourth-order valence-corrected chi connectivity index (χ4v) is 4.50. The lowest BCUT2D eigenvalue weighted by Gasteiger charge is -2.35. The lowest BCUT2D eigenvalue weighted by molar-refractivity contribution is 0.0538. The van der Waals surface area contributed by atoms with Crippen molar-refractivity contribution < 1.29 is 4.74 Å². The van der Waals surface area contributed by atoms with Gasteiger partial charge >= 0.3 is 0 Å². The summed E-state index contributed by atoms with van der Waals surface area (Å²) in [5, 5.41) is 0. The zero-order valence-electron chi connectivity index (χ0n) is 12.3. The van der Waals surface area contributed by atoms with Crippen LogP contribution in [0.15, 0.2) is 15.9 Å². The summed E-state index contributed by atoms with van der Waals surface area (Å²) < 4.78 is 6.98. The number of nitrogens with zero attached hydrogens (tertiary/aromatic N) is 1. The van der Waals surface area contributed by atoms with Crippen LogP contribution in [0.25, 0.3) is 0 Å². The minimum atomic E-state index is 0.168. The van der Waals surface area contributed by atoms with Gasteiger partial charge in [-0.2, -0.15) is 0 Å². The van der Waals surface area contributed by atoms with Gasteiger partial charge in [-0.05, 0) is 53.9 Å². The summed E-state index contributed by atoms with van der Waals surface area (Å²) in [4.78, 5) is 3.84. The van der Waals surface area contributed by atoms with Crippen molar-refractivity contribution in [2.75, 3.05) is 19.7 Å². The summed E-state index contributed by atoms with van der Waals surface area (Å²) in [5.41, 5.74) is 6.42. The number of rotatable bonds is 7. The summed E-state index contributed by atoms with van der Waals surface area (Å²) in [6, 6.07) is 4.79. The van der Waals surface area contributed by atoms with Crippen LogP contribution in [0.3, 0.4) is 0 Å². The Bertz CT molecular complexity index is 406. The second kappa shape index (κ2) is 7.90. The first kappa shape index (κ1) is 16.4. The summed E-state index contributed by atoms with van der Waals surface area (Å²) in [5.74, 6) is 0. The van der Waals surface area contributed by atoms with Crippen LogP contribution in [0.5, 0.6) is 0 Å². The second-order valence-corrected chi connectivity index (χ2v) is 7.88. The zero-order chi connectivity index (χ0) is 14.5. The minimum Gasteiger partial charge on any atom is -0.377 e. The van der Waals surface area contributed by atoms with Crippen molar-refractivity contribution in [1.82, 2.24) is 4.90 Å². The van der Waals surface area contributed by atoms with E-state index in [-0.39, 0.29) is 6.04 Å². The van der Waals surface area contributed by atoms with Crippen LogP contribution < -0.4 is 5.73 Å². The van der Waals surface area contributed by atoms with Gasteiger partial charge in [0.2, 0.25) is 0 Å². The fourth-order valence-electron chi connectivity index (χ4n) is 2.86. The molecule has 3 unspecified atom stereocenters. The molecule has 2 N–H and O–H groups in total. The van der Waals surface area contributed by atoms with Crippen molar-refractivity contribution in [3.63, 3.8) is 0 Å². The Morgan fingerprint density at radius 1 is 1.50 bits per heavy atom. The van der Waals surface area contributed by atoms with Gasteiger partial charge in [-0.1, -0.05) is 13.8 Å². The molecule has 1 aliphatic rings. The summed E-state index contributed by atoms with van der Waals surface area (Å²) in [7, 11) is 0. The van der Waals surface area contributed by atoms with Crippen LogP contribution in [0, 0.1) is 0 Å². The lowest BCUT2D eigenvalue weighted by Crippen LogP contribution is -2.43. The zero-order valence-corrected chi connectivity index (χ0v) is 14.8. The van der Waals surface area contributed by atoms with E-state index < -0.39 is 0 Å². The molecule has 0 saturated carbocycles. The molecule has 5 heteroatoms. The topological polar surface area (TPSA) is 38.5 Å². The molecule has 0 radical (unpaired) electrons. The monoisotopic (exact) mass is 360 g/mol. The first-order valence-electron chi connectivity index (χ1n) is 7.52. The third kappa shape index (κ3) is 4.04. The standard InChI is InChI=1S/C15H25BrN2OS/c1-3-12(17)15(13-7-8-14(16)20-13)18(4-2)10-11-6-5-9-19-11/h7-8,11-12,15H,3-6,9-10,17H2,1-2H3. The molecular formula is C15H25BrN2OS. The molecule has 1 aromatic heterocycles. The number of ether oxygens (including phenoxy) is 1. The number of hydrogen-bond acceptors (Lipinski definition) is 4. The van der Waals surface area contributed by atoms with Crippen LogP contribution in [-0.4, -0.2) is 36.7 Å². The van der Waals surface area contributed by atoms with Gasteiger partial charge in [0.05, 0.1) is 15.9 Å². The lowest BCUT2D eigenvalue weighted by atomic mass is 10.0. The molecule has 1 aromatic rings. The van der Waals surface area contributed by atoms with Gasteiger partial charge < -0.3 is 10.5 Å². The Balaban J connectivity index is 2.14. The highest BCUT2D eigenvalue weighted by atomic mass is 79.9. The van der Waals surface area contributed by atoms with E-state index in [1.54, 1.807) is 11.3 Å². The van der Waals surface area contributed by atoms with Crippen molar-refractivity contribution in [2.24, 2.45) is 5.73 Å². The van der Waals surface area contributed by atoms with Crippen molar-refractivity contribution >= 4 is 27.3 Å². The predicted octanol–water partition coefficient (Wildman–Crippen LogP) is 3.79. The minimum absolute atomic E-state index is 0.168. The molecule has 20 heavy (non-hydrogen) atoms. The maximum atomic E-state index is 6.42. The van der Waals surface area contributed by atoms with Gasteiger partial charge in [-0.25, -0.2) is 0 Å². The van der Waals surface area contributed by atoms with E-state index in [1.807, 2.05) is 0 Å². The molecule has 2 heterocycles. The molecule has 114 valence electrons. The van der Waals surface area contributed by atoms with Crippen LogP contribution in [0.4, 0.5) is 0 Å². The third-order valence-electron chi connectivity index (χ3n) is 4.02. The molecule has 2 rings (SSSR count). The van der Waals surface area contributed by atoms with Crippen LogP contribution in [0.1, 0.15) is 44.0 Å². The van der Waals surface area contributed by atoms with Gasteiger partial charge in [0.15, 0.2) is 0 Å². The number of hydrogen-bond donors (Lipinski definition) is 1. The van der Waals surface area contributed by atoms with Gasteiger partial charge in [0.1, 0.15) is 0 Å². The quantitative estimate of drug-likeness (QED) is 0.803. The maximum Gasteiger partial charge on any atom is 0.0703 e. The number of nitrogens with two attached hydrogens (primary N) is 1. The Morgan fingerprint density at radius 2 is 2.30 bits per heavy atom. The molecule has 3 nitrogen and oxygen atoms in total. The smallest absolute Gasteiger partial charge is 0.0703 e. The maximum absolute atomic E-state index is 6.42. The average Bonchev–Trinajstić information content (AvgIpc) is 3.09. The average molecular weight is 361 g/mol. The third-order valence-corrected chi connectivity index (χ3v) is 5.72. The molecule has 0 bridgehead atoms. The second-order valence-electron chi connectivity index (χ2n) is 5.38. The van der Waals surface area contributed by atoms with E-state index in [4.69, 9.17) is 10.5 Å².